The van der Waals surface area contributed by atoms with Gasteiger partial charge in [-0.1, -0.05) is 6.08 Å². The van der Waals surface area contributed by atoms with Gasteiger partial charge in [0.1, 0.15) is 146 Å². The number of aliphatic hydroxyl groups is 17. The molecule has 20 N–H and O–H groups in total. The van der Waals surface area contributed by atoms with Gasteiger partial charge in [-0.2, -0.15) is 0 Å². The van der Waals surface area contributed by atoms with Gasteiger partial charge in [0, 0.05) is 13.5 Å². The van der Waals surface area contributed by atoms with Crippen LogP contribution in [-0.2, 0) is 61.6 Å². The summed E-state index contributed by atoms with van der Waals surface area (Å²) in [7, 11) is 0. The Balaban J connectivity index is 1.20. The predicted octanol–water partition coefficient (Wildman–Crippen LogP) is -11.6. The summed E-state index contributed by atoms with van der Waals surface area (Å²) in [6, 6.07) is -1.80. The predicted molar refractivity (Wildman–Crippen MR) is 241 cm³/mol. The van der Waals surface area contributed by atoms with Crippen LogP contribution in [0.15, 0.2) is 12.7 Å². The zero-order valence-corrected chi connectivity index (χ0v) is 41.2. The molecule has 6 saturated heterocycles. The second-order valence-corrected chi connectivity index (χ2v) is 19.2. The molecule has 76 heavy (non-hydrogen) atoms. The molecular formula is C44H76N2O30. The van der Waals surface area contributed by atoms with E-state index in [-0.39, 0.29) is 6.61 Å². The Morgan fingerprint density at radius 2 is 0.868 bits per heavy atom. The maximum atomic E-state index is 12.8. The molecular weight excluding hydrogens is 1040 g/mol. The highest BCUT2D eigenvalue weighted by atomic mass is 16.8. The average molecular weight is 1110 g/mol. The number of nitrogens with two attached hydrogens (primary N) is 1. The molecule has 0 radical (unpaired) electrons. The second kappa shape index (κ2) is 28.6. The lowest BCUT2D eigenvalue weighted by Crippen LogP contribution is -2.70. The molecule has 0 saturated carbocycles. The SMILES string of the molecule is C=CC1O[C@@H](OC2C(O)[C@@H](O)C(CO)O[C@H]2OC2C(NC(C)=O)[C@H](OC3C(O)[C@@H](O[C@H]4C(CO)O[C@@H](O[C@@H]5C(CO)O[C@@H](OCCCCCN)C(O)C5O)C(O)C4O)OC(CO)[C@@H]3O)OC(CO)[C@@H]2O)C(O)C(O)[C@@H]1O. The van der Waals surface area contributed by atoms with Crippen LogP contribution in [0.3, 0.4) is 0 Å². The van der Waals surface area contributed by atoms with Gasteiger partial charge < -0.3 is 155 Å². The van der Waals surface area contributed by atoms with Gasteiger partial charge in [-0.25, -0.2) is 0 Å². The normalized spacial score (nSPS) is 48.3. The Hall–Kier alpha value is -1.99. The fourth-order valence-electron chi connectivity index (χ4n) is 9.64. The second-order valence-electron chi connectivity index (χ2n) is 19.2. The van der Waals surface area contributed by atoms with Gasteiger partial charge in [0.25, 0.3) is 0 Å². The maximum absolute atomic E-state index is 12.8. The molecule has 18 unspecified atom stereocenters. The van der Waals surface area contributed by atoms with Gasteiger partial charge in [-0.15, -0.1) is 6.58 Å². The van der Waals surface area contributed by atoms with Crippen LogP contribution >= 0.6 is 0 Å². The molecule has 6 fully saturated rings. The van der Waals surface area contributed by atoms with Crippen LogP contribution in [-0.4, -0.2) is 323 Å². The lowest BCUT2D eigenvalue weighted by molar-refractivity contribution is -0.393. The Kier molecular flexibility index (Phi) is 23.8. The maximum Gasteiger partial charge on any atom is 0.217 e. The Bertz CT molecular complexity index is 1770. The topological polar surface area (TPSA) is 510 Å². The van der Waals surface area contributed by atoms with E-state index in [1.165, 1.54) is 0 Å². The summed E-state index contributed by atoms with van der Waals surface area (Å²) in [5.41, 5.74) is 5.51. The molecule has 6 aliphatic heterocycles. The minimum absolute atomic E-state index is 0.109. The molecule has 0 aliphatic carbocycles. The first kappa shape index (κ1) is 63.2. The summed E-state index contributed by atoms with van der Waals surface area (Å²) in [6.07, 6.45) is -50.9. The molecule has 0 aromatic carbocycles. The highest BCUT2D eigenvalue weighted by Gasteiger charge is 2.58. The minimum Gasteiger partial charge on any atom is -0.394 e. The quantitative estimate of drug-likeness (QED) is 0.0334. The largest absolute Gasteiger partial charge is 0.394 e. The number of unbranched alkanes of at least 4 members (excludes halogenated alkanes) is 2. The number of nitrogens with one attached hydrogen (secondary N) is 1. The van der Waals surface area contributed by atoms with Gasteiger partial charge in [0.05, 0.1) is 33.0 Å². The first-order valence-electron chi connectivity index (χ1n) is 24.8. The molecule has 0 spiro atoms. The van der Waals surface area contributed by atoms with E-state index in [1.807, 2.05) is 0 Å². The number of rotatable bonds is 23. The summed E-state index contributed by atoms with van der Waals surface area (Å²) in [5.74, 6) is -0.866. The number of carbonyl (C=O) groups excluding carboxylic acids is 1. The van der Waals surface area contributed by atoms with Crippen molar-refractivity contribution in [1.29, 1.82) is 0 Å². The molecule has 6 heterocycles. The van der Waals surface area contributed by atoms with Crippen LogP contribution in [0.25, 0.3) is 0 Å². The van der Waals surface area contributed by atoms with Crippen LogP contribution < -0.4 is 11.1 Å². The highest BCUT2D eigenvalue weighted by Crippen LogP contribution is 2.37. The summed E-state index contributed by atoms with van der Waals surface area (Å²) < 4.78 is 69.2. The van der Waals surface area contributed by atoms with Gasteiger partial charge in [-0.3, -0.25) is 4.79 Å². The standard InChI is InChI=1S/C44H76N2O30/c1-3-15-22(53)26(57)30(61)41(66-15)76-38-27(58)23(54)16(9-47)69-44(38)74-36-21(46-14(2)52)39(67-17(10-48)24(36)55)75-37-25(56)18(11-49)68-43(33(37)64)73-35-20(13-51)71-42(32(63)29(35)60)72-34-19(12-50)70-40(31(62)28(34)59)65-8-6-4-5-7-45/h3,15-44,47-51,53-64H,1,4-13,45H2,2H3,(H,46,52)/t15?,16?,17?,18?,19?,20?,21?,22-,23+,24+,25+,26?,27?,28?,29?,30?,31?,32?,33?,34-,35+,36?,37?,38?,39+,40-,41+,42+,43-,44+/m1/s1. The molecule has 0 bridgehead atoms. The van der Waals surface area contributed by atoms with Crippen molar-refractivity contribution in [2.75, 3.05) is 46.2 Å². The van der Waals surface area contributed by atoms with Crippen LogP contribution in [0.2, 0.25) is 0 Å². The summed E-state index contributed by atoms with van der Waals surface area (Å²) in [4.78, 5) is 12.8. The molecule has 442 valence electrons. The van der Waals surface area contributed by atoms with Crippen molar-refractivity contribution in [1.82, 2.24) is 5.32 Å². The molecule has 0 aromatic heterocycles. The lowest BCUT2D eigenvalue weighted by Gasteiger charge is -2.51. The molecule has 6 aliphatic rings. The molecule has 1 amide bonds. The Labute approximate surface area is 434 Å². The van der Waals surface area contributed by atoms with E-state index in [1.54, 1.807) is 0 Å². The van der Waals surface area contributed by atoms with Gasteiger partial charge in [-0.05, 0) is 25.8 Å². The van der Waals surface area contributed by atoms with Crippen molar-refractivity contribution in [2.45, 2.75) is 210 Å². The molecule has 0 aromatic rings. The fourth-order valence-corrected chi connectivity index (χ4v) is 9.64. The van der Waals surface area contributed by atoms with Crippen LogP contribution in [0.5, 0.6) is 0 Å². The highest BCUT2D eigenvalue weighted by molar-refractivity contribution is 5.73. The van der Waals surface area contributed by atoms with Crippen molar-refractivity contribution in [3.05, 3.63) is 12.7 Å². The smallest absolute Gasteiger partial charge is 0.217 e. The molecule has 32 heteroatoms. The lowest BCUT2D eigenvalue weighted by atomic mass is 9.94. The first-order chi connectivity index (χ1) is 36.2. The molecule has 30 atom stereocenters. The van der Waals surface area contributed by atoms with E-state index in [9.17, 15) is 91.6 Å². The van der Waals surface area contributed by atoms with Gasteiger partial charge in [0.2, 0.25) is 5.91 Å². The number of ether oxygens (including phenoxy) is 12. The summed E-state index contributed by atoms with van der Waals surface area (Å²) >= 11 is 0. The Morgan fingerprint density at radius 1 is 0.447 bits per heavy atom. The van der Waals surface area contributed by atoms with E-state index in [2.05, 4.69) is 11.9 Å². The molecule has 6 rings (SSSR count). The van der Waals surface area contributed by atoms with E-state index in [0.29, 0.717) is 25.8 Å². The average Bonchev–Trinajstić information content (AvgIpc) is 3.40. The monoisotopic (exact) mass is 1110 g/mol. The van der Waals surface area contributed by atoms with E-state index >= 15 is 0 Å². The Morgan fingerprint density at radius 3 is 1.42 bits per heavy atom. The van der Waals surface area contributed by atoms with Gasteiger partial charge >= 0.3 is 0 Å². The third kappa shape index (κ3) is 14.0. The third-order valence-electron chi connectivity index (χ3n) is 13.9. The number of aliphatic hydroxyl groups excluding tert-OH is 17. The van der Waals surface area contributed by atoms with Crippen molar-refractivity contribution < 1.29 is 148 Å². The zero-order valence-electron chi connectivity index (χ0n) is 41.2. The number of hydrogen-bond donors (Lipinski definition) is 19. The van der Waals surface area contributed by atoms with Crippen molar-refractivity contribution in [2.24, 2.45) is 5.73 Å². The zero-order chi connectivity index (χ0) is 55.9. The van der Waals surface area contributed by atoms with Gasteiger partial charge in [0.15, 0.2) is 37.7 Å². The van der Waals surface area contributed by atoms with Crippen molar-refractivity contribution in [3.63, 3.8) is 0 Å². The fraction of sp³-hybridized carbons (Fsp3) is 0.932. The first-order valence-corrected chi connectivity index (χ1v) is 24.8. The van der Waals surface area contributed by atoms with E-state index in [4.69, 9.17) is 62.6 Å². The number of amides is 1. The van der Waals surface area contributed by atoms with Crippen molar-refractivity contribution in [3.8, 4) is 0 Å². The molecule has 32 nitrogen and oxygen atoms in total. The van der Waals surface area contributed by atoms with Crippen molar-refractivity contribution >= 4 is 5.91 Å². The summed E-state index contributed by atoms with van der Waals surface area (Å²) in [6.45, 7) is 0.267. The van der Waals surface area contributed by atoms with E-state index < -0.39 is 223 Å². The third-order valence-corrected chi connectivity index (χ3v) is 13.9. The van der Waals surface area contributed by atoms with Crippen LogP contribution in [0, 0.1) is 0 Å². The minimum atomic E-state index is -2.22. The van der Waals surface area contributed by atoms with E-state index in [0.717, 1.165) is 13.0 Å². The number of carbonyl (C=O) groups is 1. The summed E-state index contributed by atoms with van der Waals surface area (Å²) in [5, 5.41) is 187. The van der Waals surface area contributed by atoms with Crippen LogP contribution in [0.1, 0.15) is 26.2 Å². The number of hydrogen-bond acceptors (Lipinski definition) is 31. The van der Waals surface area contributed by atoms with Crippen LogP contribution in [0.4, 0.5) is 0 Å².